The molecule has 0 radical (unpaired) electrons. The number of H-pyrrole nitrogens is 1. The average molecular weight is 254 g/mol. The van der Waals surface area contributed by atoms with Gasteiger partial charge in [-0.2, -0.15) is 5.21 Å². The Morgan fingerprint density at radius 3 is 2.88 bits per heavy atom. The zero-order valence-electron chi connectivity index (χ0n) is 8.75. The van der Waals surface area contributed by atoms with E-state index in [0.29, 0.717) is 5.82 Å². The smallest absolute Gasteiger partial charge is 0.272 e. The van der Waals surface area contributed by atoms with Gasteiger partial charge in [0.25, 0.3) is 5.91 Å². The van der Waals surface area contributed by atoms with Gasteiger partial charge in [-0.1, -0.05) is 16.8 Å². The van der Waals surface area contributed by atoms with Crippen LogP contribution >= 0.6 is 11.6 Å². The molecule has 0 aliphatic heterocycles. The number of tetrazole rings is 1. The number of aromatic nitrogens is 6. The van der Waals surface area contributed by atoms with Crippen molar-refractivity contribution in [3.8, 4) is 0 Å². The van der Waals surface area contributed by atoms with E-state index in [4.69, 9.17) is 11.6 Å². The number of hydrogen-bond donors (Lipinski definition) is 2. The third kappa shape index (κ3) is 2.72. The first-order valence-corrected chi connectivity index (χ1v) is 5.06. The van der Waals surface area contributed by atoms with E-state index < -0.39 is 0 Å². The summed E-state index contributed by atoms with van der Waals surface area (Å²) in [6.07, 6.45) is 2.59. The predicted molar refractivity (Wildman–Crippen MR) is 57.1 cm³/mol. The number of rotatable bonds is 3. The van der Waals surface area contributed by atoms with Crippen molar-refractivity contribution in [2.75, 3.05) is 0 Å². The van der Waals surface area contributed by atoms with E-state index in [-0.39, 0.29) is 22.8 Å². The Kier molecular flexibility index (Phi) is 3.24. The lowest BCUT2D eigenvalue weighted by atomic mass is 10.3. The summed E-state index contributed by atoms with van der Waals surface area (Å²) in [4.78, 5) is 19.3. The van der Waals surface area contributed by atoms with Crippen LogP contribution in [0.15, 0.2) is 12.4 Å². The number of amides is 1. The van der Waals surface area contributed by atoms with Crippen LogP contribution in [0.2, 0.25) is 5.15 Å². The molecule has 0 saturated carbocycles. The SMILES string of the molecule is CC(NC(=O)c1cnc(Cl)cn1)c1nn[nH]n1. The summed E-state index contributed by atoms with van der Waals surface area (Å²) < 4.78 is 0. The first-order valence-electron chi connectivity index (χ1n) is 4.68. The van der Waals surface area contributed by atoms with E-state index in [0.717, 1.165) is 0 Å². The zero-order valence-corrected chi connectivity index (χ0v) is 9.51. The monoisotopic (exact) mass is 253 g/mol. The lowest BCUT2D eigenvalue weighted by Gasteiger charge is -2.08. The minimum absolute atomic E-state index is 0.171. The van der Waals surface area contributed by atoms with E-state index in [1.54, 1.807) is 6.92 Å². The molecule has 2 aromatic rings. The molecule has 1 amide bonds. The van der Waals surface area contributed by atoms with Crippen LogP contribution in [0.25, 0.3) is 0 Å². The van der Waals surface area contributed by atoms with Crippen LogP contribution in [-0.4, -0.2) is 36.5 Å². The number of nitrogens with one attached hydrogen (secondary N) is 2. The fourth-order valence-corrected chi connectivity index (χ4v) is 1.22. The summed E-state index contributed by atoms with van der Waals surface area (Å²) in [7, 11) is 0. The molecule has 0 aromatic carbocycles. The zero-order chi connectivity index (χ0) is 12.3. The highest BCUT2D eigenvalue weighted by Gasteiger charge is 2.15. The number of aromatic amines is 1. The van der Waals surface area contributed by atoms with Crippen LogP contribution in [0.3, 0.4) is 0 Å². The van der Waals surface area contributed by atoms with E-state index in [9.17, 15) is 4.79 Å². The maximum atomic E-state index is 11.7. The molecule has 2 heterocycles. The van der Waals surface area contributed by atoms with Crippen molar-refractivity contribution < 1.29 is 4.79 Å². The van der Waals surface area contributed by atoms with Gasteiger partial charge in [-0.3, -0.25) is 4.79 Å². The van der Waals surface area contributed by atoms with Gasteiger partial charge in [-0.25, -0.2) is 9.97 Å². The van der Waals surface area contributed by atoms with Crippen LogP contribution in [0.5, 0.6) is 0 Å². The molecule has 8 nitrogen and oxygen atoms in total. The Bertz CT molecular complexity index is 497. The molecule has 2 aromatic heterocycles. The minimum Gasteiger partial charge on any atom is -0.341 e. The molecule has 0 aliphatic rings. The molecule has 0 spiro atoms. The Morgan fingerprint density at radius 2 is 2.29 bits per heavy atom. The molecule has 9 heteroatoms. The number of nitrogens with zero attached hydrogens (tertiary/aromatic N) is 5. The summed E-state index contributed by atoms with van der Waals surface area (Å²) in [5.74, 6) is 0.00624. The maximum Gasteiger partial charge on any atom is 0.272 e. The third-order valence-corrected chi connectivity index (χ3v) is 2.14. The van der Waals surface area contributed by atoms with Gasteiger partial charge in [0, 0.05) is 0 Å². The Labute approximate surface area is 101 Å². The lowest BCUT2D eigenvalue weighted by molar-refractivity contribution is 0.0933. The van der Waals surface area contributed by atoms with Crippen molar-refractivity contribution in [1.29, 1.82) is 0 Å². The van der Waals surface area contributed by atoms with E-state index in [1.807, 2.05) is 0 Å². The molecule has 2 N–H and O–H groups in total. The standard InChI is InChI=1S/C8H8ClN7O/c1-4(7-13-15-16-14-7)12-8(17)5-2-11-6(9)3-10-5/h2-4H,1H3,(H,12,17)(H,13,14,15,16). The lowest BCUT2D eigenvalue weighted by Crippen LogP contribution is -2.28. The molecule has 0 bridgehead atoms. The Balaban J connectivity index is 2.04. The number of hydrogen-bond acceptors (Lipinski definition) is 6. The van der Waals surface area contributed by atoms with Gasteiger partial charge < -0.3 is 5.32 Å². The van der Waals surface area contributed by atoms with Crippen molar-refractivity contribution in [1.82, 2.24) is 35.9 Å². The van der Waals surface area contributed by atoms with E-state index in [2.05, 4.69) is 35.9 Å². The molecule has 17 heavy (non-hydrogen) atoms. The van der Waals surface area contributed by atoms with Gasteiger partial charge in [-0.05, 0) is 6.92 Å². The molecule has 2 rings (SSSR count). The molecule has 0 aliphatic carbocycles. The minimum atomic E-state index is -0.383. The van der Waals surface area contributed by atoms with Crippen LogP contribution in [0.1, 0.15) is 29.3 Å². The average Bonchev–Trinajstić information content (AvgIpc) is 2.83. The van der Waals surface area contributed by atoms with E-state index >= 15 is 0 Å². The van der Waals surface area contributed by atoms with Gasteiger partial charge in [-0.15, -0.1) is 10.2 Å². The first-order chi connectivity index (χ1) is 8.16. The first kappa shape index (κ1) is 11.4. The maximum absolute atomic E-state index is 11.7. The number of halogens is 1. The fourth-order valence-electron chi connectivity index (χ4n) is 1.12. The van der Waals surface area contributed by atoms with Crippen molar-refractivity contribution in [2.45, 2.75) is 13.0 Å². The highest BCUT2D eigenvalue weighted by atomic mass is 35.5. The molecule has 0 fully saturated rings. The quantitative estimate of drug-likeness (QED) is 0.805. The molecule has 1 atom stereocenters. The van der Waals surface area contributed by atoms with Crippen molar-refractivity contribution in [3.63, 3.8) is 0 Å². The van der Waals surface area contributed by atoms with E-state index in [1.165, 1.54) is 12.4 Å². The largest absolute Gasteiger partial charge is 0.341 e. The fraction of sp³-hybridized carbons (Fsp3) is 0.250. The summed E-state index contributed by atoms with van der Waals surface area (Å²) in [5.41, 5.74) is 0.171. The van der Waals surface area contributed by atoms with Gasteiger partial charge in [0.1, 0.15) is 10.8 Å². The van der Waals surface area contributed by atoms with Crippen molar-refractivity contribution in [2.24, 2.45) is 0 Å². The van der Waals surface area contributed by atoms with Crippen LogP contribution in [0.4, 0.5) is 0 Å². The highest BCUT2D eigenvalue weighted by Crippen LogP contribution is 2.06. The highest BCUT2D eigenvalue weighted by molar-refractivity contribution is 6.29. The molecule has 0 saturated heterocycles. The molecule has 1 unspecified atom stereocenters. The van der Waals surface area contributed by atoms with Gasteiger partial charge in [0.05, 0.1) is 18.4 Å². The molecular formula is C8H8ClN7O. The Hall–Kier alpha value is -2.09. The number of carbonyl (C=O) groups is 1. The van der Waals surface area contributed by atoms with Crippen molar-refractivity contribution in [3.05, 3.63) is 29.1 Å². The summed E-state index contributed by atoms with van der Waals surface area (Å²) >= 11 is 5.57. The van der Waals surface area contributed by atoms with Crippen molar-refractivity contribution >= 4 is 17.5 Å². The summed E-state index contributed by atoms with van der Waals surface area (Å²) in [6.45, 7) is 1.73. The van der Waals surface area contributed by atoms with Gasteiger partial charge in [0.2, 0.25) is 0 Å². The summed E-state index contributed by atoms with van der Waals surface area (Å²) in [5, 5.41) is 16.1. The third-order valence-electron chi connectivity index (χ3n) is 1.95. The number of carbonyl (C=O) groups excluding carboxylic acids is 1. The predicted octanol–water partition coefficient (Wildman–Crippen LogP) is 0.134. The van der Waals surface area contributed by atoms with Crippen LogP contribution in [-0.2, 0) is 0 Å². The Morgan fingerprint density at radius 1 is 1.47 bits per heavy atom. The molecular weight excluding hydrogens is 246 g/mol. The second-order valence-corrected chi connectivity index (χ2v) is 3.58. The summed E-state index contributed by atoms with van der Waals surface area (Å²) in [6, 6.07) is -0.376. The van der Waals surface area contributed by atoms with Crippen LogP contribution < -0.4 is 5.32 Å². The second-order valence-electron chi connectivity index (χ2n) is 3.19. The normalized spacial score (nSPS) is 12.1. The topological polar surface area (TPSA) is 109 Å². The van der Waals surface area contributed by atoms with Gasteiger partial charge in [0.15, 0.2) is 5.82 Å². The van der Waals surface area contributed by atoms with Gasteiger partial charge >= 0.3 is 0 Å². The van der Waals surface area contributed by atoms with Crippen LogP contribution in [0, 0.1) is 0 Å². The second kappa shape index (κ2) is 4.83. The molecule has 88 valence electrons.